The van der Waals surface area contributed by atoms with Crippen molar-refractivity contribution in [2.45, 2.75) is 19.9 Å². The van der Waals surface area contributed by atoms with Crippen LogP contribution in [0.25, 0.3) is 10.9 Å². The predicted octanol–water partition coefficient (Wildman–Crippen LogP) is 3.97. The first-order valence-corrected chi connectivity index (χ1v) is 6.79. The second kappa shape index (κ2) is 5.00. The summed E-state index contributed by atoms with van der Waals surface area (Å²) in [5.41, 5.74) is 9.88. The fraction of sp³-hybridized carbons (Fsp3) is 0.176. The van der Waals surface area contributed by atoms with Crippen LogP contribution in [-0.4, -0.2) is 4.57 Å². The molecule has 0 atom stereocenters. The molecule has 2 nitrogen and oxygen atoms in total. The molecule has 0 saturated heterocycles. The van der Waals surface area contributed by atoms with E-state index >= 15 is 0 Å². The minimum atomic E-state index is -0.249. The molecule has 2 N–H and O–H groups in total. The number of hydrogen-bond donors (Lipinski definition) is 1. The average Bonchev–Trinajstić information content (AvgIpc) is 2.86. The van der Waals surface area contributed by atoms with E-state index in [0.717, 1.165) is 12.0 Å². The Bertz CT molecular complexity index is 759. The van der Waals surface area contributed by atoms with Crippen LogP contribution in [0.1, 0.15) is 18.1 Å². The number of hydrogen-bond acceptors (Lipinski definition) is 1. The van der Waals surface area contributed by atoms with Crippen molar-refractivity contribution < 1.29 is 4.39 Å². The summed E-state index contributed by atoms with van der Waals surface area (Å²) in [6, 6.07) is 12.9. The third kappa shape index (κ3) is 2.16. The fourth-order valence-electron chi connectivity index (χ4n) is 2.65. The minimum Gasteiger partial charge on any atom is -0.398 e. The van der Waals surface area contributed by atoms with Crippen molar-refractivity contribution in [2.24, 2.45) is 0 Å². The van der Waals surface area contributed by atoms with Gasteiger partial charge in [0.05, 0.1) is 5.52 Å². The minimum absolute atomic E-state index is 0.249. The molecule has 0 aliphatic heterocycles. The number of benzene rings is 2. The number of nitrogens with zero attached hydrogens (tertiary/aromatic N) is 1. The SMILES string of the molecule is CCc1cccc2ccn(Cc3cc(F)ccc3N)c12. The lowest BCUT2D eigenvalue weighted by molar-refractivity contribution is 0.624. The molecule has 0 amide bonds. The largest absolute Gasteiger partial charge is 0.398 e. The lowest BCUT2D eigenvalue weighted by Gasteiger charge is -2.11. The molecule has 2 aromatic carbocycles. The molecule has 20 heavy (non-hydrogen) atoms. The van der Waals surface area contributed by atoms with E-state index in [0.29, 0.717) is 12.2 Å². The van der Waals surface area contributed by atoms with E-state index in [1.165, 1.54) is 28.6 Å². The Kier molecular flexibility index (Phi) is 3.18. The molecule has 1 aromatic heterocycles. The van der Waals surface area contributed by atoms with Gasteiger partial charge in [-0.15, -0.1) is 0 Å². The van der Waals surface area contributed by atoms with E-state index in [9.17, 15) is 4.39 Å². The van der Waals surface area contributed by atoms with Gasteiger partial charge in [0.15, 0.2) is 0 Å². The molecule has 102 valence electrons. The van der Waals surface area contributed by atoms with Crippen molar-refractivity contribution in [3.63, 3.8) is 0 Å². The summed E-state index contributed by atoms with van der Waals surface area (Å²) in [7, 11) is 0. The lowest BCUT2D eigenvalue weighted by Crippen LogP contribution is -2.03. The van der Waals surface area contributed by atoms with Gasteiger partial charge in [-0.3, -0.25) is 0 Å². The quantitative estimate of drug-likeness (QED) is 0.716. The third-order valence-corrected chi connectivity index (χ3v) is 3.70. The maximum absolute atomic E-state index is 13.4. The van der Waals surface area contributed by atoms with Crippen LogP contribution in [0.4, 0.5) is 10.1 Å². The summed E-state index contributed by atoms with van der Waals surface area (Å²) in [6.07, 6.45) is 3.01. The van der Waals surface area contributed by atoms with Gasteiger partial charge < -0.3 is 10.3 Å². The second-order valence-electron chi connectivity index (χ2n) is 5.00. The van der Waals surface area contributed by atoms with Crippen molar-refractivity contribution in [3.05, 3.63) is 65.6 Å². The highest BCUT2D eigenvalue weighted by Gasteiger charge is 2.08. The van der Waals surface area contributed by atoms with Crippen LogP contribution >= 0.6 is 0 Å². The number of nitrogens with two attached hydrogens (primary N) is 1. The summed E-state index contributed by atoms with van der Waals surface area (Å²) in [6.45, 7) is 2.73. The molecule has 3 heteroatoms. The van der Waals surface area contributed by atoms with Crippen LogP contribution in [0.15, 0.2) is 48.7 Å². The van der Waals surface area contributed by atoms with Gasteiger partial charge in [-0.05, 0) is 47.2 Å². The number of aryl methyl sites for hydroxylation is 1. The number of nitrogen functional groups attached to an aromatic ring is 1. The Morgan fingerprint density at radius 2 is 1.95 bits per heavy atom. The van der Waals surface area contributed by atoms with Crippen molar-refractivity contribution in [3.8, 4) is 0 Å². The van der Waals surface area contributed by atoms with Gasteiger partial charge in [-0.2, -0.15) is 0 Å². The normalized spacial score (nSPS) is 11.1. The Hall–Kier alpha value is -2.29. The molecule has 0 radical (unpaired) electrons. The Labute approximate surface area is 117 Å². The molecule has 3 rings (SSSR count). The van der Waals surface area contributed by atoms with Gasteiger partial charge in [0, 0.05) is 18.4 Å². The molecule has 0 fully saturated rings. The highest BCUT2D eigenvalue weighted by atomic mass is 19.1. The van der Waals surface area contributed by atoms with E-state index in [1.54, 1.807) is 6.07 Å². The molecule has 0 bridgehead atoms. The Morgan fingerprint density at radius 3 is 2.75 bits per heavy atom. The van der Waals surface area contributed by atoms with E-state index in [2.05, 4.69) is 35.8 Å². The summed E-state index contributed by atoms with van der Waals surface area (Å²) < 4.78 is 15.5. The zero-order chi connectivity index (χ0) is 14.1. The standard InChI is InChI=1S/C17H17FN2/c1-2-12-4-3-5-13-8-9-20(17(12)13)11-14-10-15(18)6-7-16(14)19/h3-10H,2,11,19H2,1H3. The summed E-state index contributed by atoms with van der Waals surface area (Å²) >= 11 is 0. The van der Waals surface area contributed by atoms with Gasteiger partial charge in [-0.25, -0.2) is 4.39 Å². The van der Waals surface area contributed by atoms with Crippen molar-refractivity contribution in [2.75, 3.05) is 5.73 Å². The van der Waals surface area contributed by atoms with E-state index in [4.69, 9.17) is 5.73 Å². The van der Waals surface area contributed by atoms with Gasteiger partial charge in [-0.1, -0.05) is 25.1 Å². The van der Waals surface area contributed by atoms with Crippen molar-refractivity contribution in [1.82, 2.24) is 4.57 Å². The fourth-order valence-corrected chi connectivity index (χ4v) is 2.65. The number of fused-ring (bicyclic) bond motifs is 1. The smallest absolute Gasteiger partial charge is 0.123 e. The van der Waals surface area contributed by atoms with Crippen LogP contribution in [0.2, 0.25) is 0 Å². The molecule has 0 aliphatic carbocycles. The Morgan fingerprint density at radius 1 is 1.10 bits per heavy atom. The number of aromatic nitrogens is 1. The molecule has 0 aliphatic rings. The number of anilines is 1. The van der Waals surface area contributed by atoms with Crippen molar-refractivity contribution >= 4 is 16.6 Å². The second-order valence-corrected chi connectivity index (χ2v) is 5.00. The first kappa shape index (κ1) is 12.7. The molecule has 3 aromatic rings. The molecule has 0 spiro atoms. The highest BCUT2D eigenvalue weighted by molar-refractivity contribution is 5.83. The molecule has 0 saturated carbocycles. The monoisotopic (exact) mass is 268 g/mol. The lowest BCUT2D eigenvalue weighted by atomic mass is 10.1. The maximum Gasteiger partial charge on any atom is 0.123 e. The average molecular weight is 268 g/mol. The van der Waals surface area contributed by atoms with Crippen LogP contribution in [0.5, 0.6) is 0 Å². The van der Waals surface area contributed by atoms with Crippen LogP contribution < -0.4 is 5.73 Å². The molecule has 0 unspecified atom stereocenters. The first-order chi connectivity index (χ1) is 9.69. The Balaban J connectivity index is 2.09. The third-order valence-electron chi connectivity index (χ3n) is 3.70. The summed E-state index contributed by atoms with van der Waals surface area (Å²) in [4.78, 5) is 0. The van der Waals surface area contributed by atoms with Gasteiger partial charge in [0.25, 0.3) is 0 Å². The van der Waals surface area contributed by atoms with E-state index < -0.39 is 0 Å². The van der Waals surface area contributed by atoms with Crippen LogP contribution in [-0.2, 0) is 13.0 Å². The van der Waals surface area contributed by atoms with Gasteiger partial charge in [0.2, 0.25) is 0 Å². The van der Waals surface area contributed by atoms with E-state index in [-0.39, 0.29) is 5.82 Å². The number of rotatable bonds is 3. The topological polar surface area (TPSA) is 30.9 Å². The summed E-state index contributed by atoms with van der Waals surface area (Å²) in [5.74, 6) is -0.249. The zero-order valence-corrected chi connectivity index (χ0v) is 11.4. The molecular formula is C17H17FN2. The van der Waals surface area contributed by atoms with Crippen molar-refractivity contribution in [1.29, 1.82) is 0 Å². The van der Waals surface area contributed by atoms with Gasteiger partial charge >= 0.3 is 0 Å². The van der Waals surface area contributed by atoms with Crippen LogP contribution in [0, 0.1) is 5.82 Å². The van der Waals surface area contributed by atoms with Gasteiger partial charge in [0.1, 0.15) is 5.82 Å². The zero-order valence-electron chi connectivity index (χ0n) is 11.4. The molecular weight excluding hydrogens is 251 g/mol. The number of halogens is 1. The number of para-hydroxylation sites is 1. The molecule has 1 heterocycles. The predicted molar refractivity (Wildman–Crippen MR) is 81.2 cm³/mol. The summed E-state index contributed by atoms with van der Waals surface area (Å²) in [5, 5.41) is 1.21. The van der Waals surface area contributed by atoms with E-state index in [1.807, 2.05) is 6.20 Å². The first-order valence-electron chi connectivity index (χ1n) is 6.79. The van der Waals surface area contributed by atoms with Crippen LogP contribution in [0.3, 0.4) is 0 Å². The maximum atomic E-state index is 13.4. The highest BCUT2D eigenvalue weighted by Crippen LogP contribution is 2.23.